The molecule has 0 aliphatic heterocycles. The van der Waals surface area contributed by atoms with Gasteiger partial charge in [-0.2, -0.15) is 0 Å². The second kappa shape index (κ2) is 8.49. The predicted molar refractivity (Wildman–Crippen MR) is 99.8 cm³/mol. The summed E-state index contributed by atoms with van der Waals surface area (Å²) in [5, 5.41) is 4.81. The third kappa shape index (κ3) is 4.94. The van der Waals surface area contributed by atoms with Gasteiger partial charge in [-0.15, -0.1) is 0 Å². The van der Waals surface area contributed by atoms with Crippen LogP contribution in [0.5, 0.6) is 0 Å². The summed E-state index contributed by atoms with van der Waals surface area (Å²) < 4.78 is 13.7. The van der Waals surface area contributed by atoms with Crippen LogP contribution in [0.25, 0.3) is 0 Å². The zero-order chi connectivity index (χ0) is 19.4. The number of halogens is 3. The molecule has 138 valence electrons. The van der Waals surface area contributed by atoms with Gasteiger partial charge in [0.1, 0.15) is 11.9 Å². The Balaban J connectivity index is 2.02. The number of nitrogens with two attached hydrogens (primary N) is 2. The monoisotopic (exact) mass is 398 g/mol. The molecular weight excluding hydrogens is 380 g/mol. The largest absolute Gasteiger partial charge is 0.366 e. The van der Waals surface area contributed by atoms with E-state index in [9.17, 15) is 14.0 Å². The SMILES string of the molecule is C[C@@H]([NH2+][C@H](C)c1cc(F)c(Cl)cc1Cl)C(=O)Nc1ccc(C(N)=O)cc1. The zero-order valence-corrected chi connectivity index (χ0v) is 15.7. The van der Waals surface area contributed by atoms with E-state index in [1.165, 1.54) is 24.3 Å². The lowest BCUT2D eigenvalue weighted by atomic mass is 10.1. The Kier molecular flexibility index (Phi) is 6.58. The summed E-state index contributed by atoms with van der Waals surface area (Å²) >= 11 is 11.8. The average molecular weight is 399 g/mol. The molecule has 0 aromatic heterocycles. The maximum Gasteiger partial charge on any atom is 0.282 e. The summed E-state index contributed by atoms with van der Waals surface area (Å²) in [7, 11) is 0. The number of hydrogen-bond donors (Lipinski definition) is 3. The molecule has 0 bridgehead atoms. The van der Waals surface area contributed by atoms with Gasteiger partial charge in [-0.3, -0.25) is 9.59 Å². The highest BCUT2D eigenvalue weighted by molar-refractivity contribution is 6.35. The van der Waals surface area contributed by atoms with Gasteiger partial charge in [0.25, 0.3) is 5.91 Å². The van der Waals surface area contributed by atoms with Gasteiger partial charge < -0.3 is 16.4 Å². The lowest BCUT2D eigenvalue weighted by Gasteiger charge is -2.18. The van der Waals surface area contributed by atoms with Crippen LogP contribution in [0.4, 0.5) is 10.1 Å². The smallest absolute Gasteiger partial charge is 0.282 e. The van der Waals surface area contributed by atoms with E-state index in [0.717, 1.165) is 0 Å². The molecule has 0 spiro atoms. The molecule has 0 radical (unpaired) electrons. The molecule has 8 heteroatoms. The zero-order valence-electron chi connectivity index (χ0n) is 14.2. The highest BCUT2D eigenvalue weighted by Crippen LogP contribution is 2.27. The molecule has 0 aliphatic carbocycles. The minimum absolute atomic E-state index is 0.0452. The topological polar surface area (TPSA) is 88.8 Å². The van der Waals surface area contributed by atoms with Crippen LogP contribution in [0.3, 0.4) is 0 Å². The van der Waals surface area contributed by atoms with E-state index < -0.39 is 17.8 Å². The molecule has 0 aliphatic rings. The van der Waals surface area contributed by atoms with Gasteiger partial charge in [-0.1, -0.05) is 23.2 Å². The van der Waals surface area contributed by atoms with Crippen molar-refractivity contribution in [3.8, 4) is 0 Å². The van der Waals surface area contributed by atoms with Crippen LogP contribution >= 0.6 is 23.2 Å². The fourth-order valence-electron chi connectivity index (χ4n) is 2.48. The molecule has 2 atom stereocenters. The first-order valence-corrected chi connectivity index (χ1v) is 8.64. The third-order valence-corrected chi connectivity index (χ3v) is 4.58. The van der Waals surface area contributed by atoms with Crippen molar-refractivity contribution >= 4 is 40.7 Å². The molecule has 5 nitrogen and oxygen atoms in total. The number of nitrogens with one attached hydrogen (secondary N) is 1. The maximum absolute atomic E-state index is 13.7. The van der Waals surface area contributed by atoms with Gasteiger partial charge in [-0.05, 0) is 50.2 Å². The van der Waals surface area contributed by atoms with Crippen LogP contribution in [0.15, 0.2) is 36.4 Å². The summed E-state index contributed by atoms with van der Waals surface area (Å²) in [6.45, 7) is 3.55. The van der Waals surface area contributed by atoms with E-state index in [2.05, 4.69) is 5.32 Å². The number of carbonyl (C=O) groups excluding carboxylic acids is 2. The van der Waals surface area contributed by atoms with Gasteiger partial charge in [0.2, 0.25) is 5.91 Å². The standard InChI is InChI=1S/C18H18Cl2FN3O2/c1-9(13-7-16(21)15(20)8-14(13)19)23-10(2)18(26)24-12-5-3-11(4-6-12)17(22)25/h3-10,23H,1-2H3,(H2,22,25)(H,24,26)/p+1/t9-,10-/m1/s1. The number of amides is 2. The van der Waals surface area contributed by atoms with E-state index in [4.69, 9.17) is 28.9 Å². The van der Waals surface area contributed by atoms with Gasteiger partial charge in [0.05, 0.1) is 10.0 Å². The molecule has 0 unspecified atom stereocenters. The van der Waals surface area contributed by atoms with Crippen LogP contribution < -0.4 is 16.4 Å². The molecule has 2 aromatic rings. The van der Waals surface area contributed by atoms with Crippen molar-refractivity contribution in [3.63, 3.8) is 0 Å². The summed E-state index contributed by atoms with van der Waals surface area (Å²) in [6, 6.07) is 8.17. The quantitative estimate of drug-likeness (QED) is 0.653. The lowest BCUT2D eigenvalue weighted by molar-refractivity contribution is -0.709. The summed E-state index contributed by atoms with van der Waals surface area (Å²) in [5.41, 5.74) is 6.64. The van der Waals surface area contributed by atoms with Crippen LogP contribution in [0.2, 0.25) is 10.0 Å². The van der Waals surface area contributed by atoms with Crippen molar-refractivity contribution in [1.29, 1.82) is 0 Å². The fraction of sp³-hybridized carbons (Fsp3) is 0.222. The minimum atomic E-state index is -0.557. The number of hydrogen-bond acceptors (Lipinski definition) is 2. The van der Waals surface area contributed by atoms with Gasteiger partial charge in [0, 0.05) is 16.8 Å². The van der Waals surface area contributed by atoms with E-state index in [1.54, 1.807) is 24.4 Å². The molecule has 5 N–H and O–H groups in total. The van der Waals surface area contributed by atoms with E-state index in [-0.39, 0.29) is 17.0 Å². The third-order valence-electron chi connectivity index (χ3n) is 3.96. The maximum atomic E-state index is 13.7. The van der Waals surface area contributed by atoms with Crippen LogP contribution in [-0.4, -0.2) is 17.9 Å². The average Bonchev–Trinajstić information content (AvgIpc) is 2.58. The van der Waals surface area contributed by atoms with Crippen LogP contribution in [0, 0.1) is 5.82 Å². The highest BCUT2D eigenvalue weighted by atomic mass is 35.5. The molecule has 0 fully saturated rings. The Labute approximate surface area is 160 Å². The number of carbonyl (C=O) groups is 2. The molecule has 0 saturated heterocycles. The minimum Gasteiger partial charge on any atom is -0.366 e. The Morgan fingerprint density at radius 2 is 1.73 bits per heavy atom. The second-order valence-corrected chi connectivity index (χ2v) is 6.80. The van der Waals surface area contributed by atoms with E-state index in [1.807, 2.05) is 6.92 Å². The van der Waals surface area contributed by atoms with Gasteiger partial charge in [-0.25, -0.2) is 4.39 Å². The summed E-state index contributed by atoms with van der Waals surface area (Å²) in [4.78, 5) is 23.4. The number of quaternary nitrogens is 1. The second-order valence-electron chi connectivity index (χ2n) is 5.99. The van der Waals surface area contributed by atoms with Crippen molar-refractivity contribution < 1.29 is 19.3 Å². The summed E-state index contributed by atoms with van der Waals surface area (Å²) in [6.07, 6.45) is 0. The first-order chi connectivity index (χ1) is 12.2. The van der Waals surface area contributed by atoms with Crippen molar-refractivity contribution in [2.75, 3.05) is 5.32 Å². The number of primary amides is 1. The van der Waals surface area contributed by atoms with Crippen LogP contribution in [-0.2, 0) is 4.79 Å². The first-order valence-electron chi connectivity index (χ1n) is 7.89. The fourth-order valence-corrected chi connectivity index (χ4v) is 3.04. The predicted octanol–water partition coefficient (Wildman–Crippen LogP) is 2.88. The molecule has 0 saturated carbocycles. The first kappa shape index (κ1) is 20.2. The van der Waals surface area contributed by atoms with Crippen molar-refractivity contribution in [2.45, 2.75) is 25.9 Å². The van der Waals surface area contributed by atoms with Gasteiger partial charge in [0.15, 0.2) is 6.04 Å². The molecule has 2 amide bonds. The molecule has 2 rings (SSSR count). The van der Waals surface area contributed by atoms with E-state index in [0.29, 0.717) is 21.8 Å². The van der Waals surface area contributed by atoms with Crippen molar-refractivity contribution in [1.82, 2.24) is 0 Å². The Morgan fingerprint density at radius 1 is 1.12 bits per heavy atom. The van der Waals surface area contributed by atoms with Crippen molar-refractivity contribution in [2.24, 2.45) is 5.73 Å². The normalized spacial score (nSPS) is 13.1. The Bertz CT molecular complexity index is 828. The highest BCUT2D eigenvalue weighted by Gasteiger charge is 2.23. The van der Waals surface area contributed by atoms with Crippen molar-refractivity contribution in [3.05, 3.63) is 63.4 Å². The Morgan fingerprint density at radius 3 is 2.31 bits per heavy atom. The Hall–Kier alpha value is -2.15. The molecular formula is C18H19Cl2FN3O2+. The molecule has 0 heterocycles. The van der Waals surface area contributed by atoms with Crippen LogP contribution in [0.1, 0.15) is 35.8 Å². The molecule has 26 heavy (non-hydrogen) atoms. The number of benzene rings is 2. The number of rotatable bonds is 6. The lowest BCUT2D eigenvalue weighted by Crippen LogP contribution is -2.91. The van der Waals surface area contributed by atoms with Gasteiger partial charge >= 0.3 is 0 Å². The molecule has 2 aromatic carbocycles. The van der Waals surface area contributed by atoms with E-state index >= 15 is 0 Å². The number of anilines is 1. The summed E-state index contributed by atoms with van der Waals surface area (Å²) in [5.74, 6) is -1.34.